The van der Waals surface area contributed by atoms with E-state index in [1.54, 1.807) is 0 Å². The Morgan fingerprint density at radius 2 is 2.03 bits per heavy atom. The van der Waals surface area contributed by atoms with Gasteiger partial charge in [0.1, 0.15) is 11.6 Å². The lowest BCUT2D eigenvalue weighted by Gasteiger charge is -2.26. The minimum absolute atomic E-state index is 0.0594. The van der Waals surface area contributed by atoms with Crippen LogP contribution in [0.25, 0.3) is 22.4 Å². The molecular formula is C24H22N4O2. The summed E-state index contributed by atoms with van der Waals surface area (Å²) >= 11 is 0. The van der Waals surface area contributed by atoms with E-state index in [2.05, 4.69) is 16.4 Å². The smallest absolute Gasteiger partial charge is 0.251 e. The average molecular weight is 398 g/mol. The predicted octanol–water partition coefficient (Wildman–Crippen LogP) is 4.20. The molecule has 1 aliphatic heterocycles. The molecule has 0 unspecified atom stereocenters. The van der Waals surface area contributed by atoms with Gasteiger partial charge in [-0.2, -0.15) is 0 Å². The second-order valence-corrected chi connectivity index (χ2v) is 7.65. The van der Waals surface area contributed by atoms with Crippen molar-refractivity contribution in [2.75, 3.05) is 6.61 Å². The molecule has 0 radical (unpaired) electrons. The standard InChI is InChI=1S/C24H22N4O2/c1-15-11-17(14-25-13-15)23-26-20-12-16(7-8-21(20)28(23)2)24(29)27-19-9-10-30-22-6-4-3-5-18(19)22/h3-8,11-14,19H,9-10H2,1-2H3,(H,27,29)/t19-/m0/s1. The maximum atomic E-state index is 13.0. The molecule has 6 nitrogen and oxygen atoms in total. The first-order chi connectivity index (χ1) is 14.6. The van der Waals surface area contributed by atoms with Crippen LogP contribution < -0.4 is 10.1 Å². The Hall–Kier alpha value is -3.67. The molecular weight excluding hydrogens is 376 g/mol. The van der Waals surface area contributed by atoms with E-state index in [-0.39, 0.29) is 11.9 Å². The lowest BCUT2D eigenvalue weighted by molar-refractivity contribution is 0.0925. The van der Waals surface area contributed by atoms with E-state index >= 15 is 0 Å². The highest BCUT2D eigenvalue weighted by Gasteiger charge is 2.23. The first-order valence-electron chi connectivity index (χ1n) is 10.0. The number of imidazole rings is 1. The van der Waals surface area contributed by atoms with Gasteiger partial charge in [0.2, 0.25) is 0 Å². The number of aromatic nitrogens is 3. The highest BCUT2D eigenvalue weighted by molar-refractivity contribution is 5.98. The quantitative estimate of drug-likeness (QED) is 0.562. The molecule has 1 aliphatic rings. The van der Waals surface area contributed by atoms with Gasteiger partial charge in [-0.3, -0.25) is 9.78 Å². The van der Waals surface area contributed by atoms with Crippen molar-refractivity contribution in [2.24, 2.45) is 7.05 Å². The number of fused-ring (bicyclic) bond motifs is 2. The van der Waals surface area contributed by atoms with Crippen LogP contribution in [0.15, 0.2) is 60.9 Å². The van der Waals surface area contributed by atoms with Crippen molar-refractivity contribution in [1.29, 1.82) is 0 Å². The zero-order valence-electron chi connectivity index (χ0n) is 16.9. The molecule has 1 N–H and O–H groups in total. The molecule has 6 heteroatoms. The number of amides is 1. The van der Waals surface area contributed by atoms with Crippen molar-refractivity contribution in [1.82, 2.24) is 19.9 Å². The van der Waals surface area contributed by atoms with E-state index in [0.29, 0.717) is 12.2 Å². The molecule has 2 aromatic carbocycles. The minimum Gasteiger partial charge on any atom is -0.493 e. The third-order valence-corrected chi connectivity index (χ3v) is 5.54. The Bertz CT molecular complexity index is 1260. The maximum absolute atomic E-state index is 13.0. The zero-order valence-corrected chi connectivity index (χ0v) is 16.9. The average Bonchev–Trinajstić information content (AvgIpc) is 3.10. The fourth-order valence-corrected chi connectivity index (χ4v) is 4.01. The van der Waals surface area contributed by atoms with Gasteiger partial charge in [0, 0.05) is 42.6 Å². The van der Waals surface area contributed by atoms with Crippen LogP contribution in [0.4, 0.5) is 0 Å². The number of rotatable bonds is 3. The molecule has 30 heavy (non-hydrogen) atoms. The number of para-hydroxylation sites is 1. The lowest BCUT2D eigenvalue weighted by Crippen LogP contribution is -2.32. The molecule has 1 atom stereocenters. The first-order valence-corrected chi connectivity index (χ1v) is 10.0. The highest BCUT2D eigenvalue weighted by Crippen LogP contribution is 2.32. The lowest BCUT2D eigenvalue weighted by atomic mass is 10.00. The van der Waals surface area contributed by atoms with Gasteiger partial charge in [-0.1, -0.05) is 18.2 Å². The van der Waals surface area contributed by atoms with Crippen LogP contribution in [-0.2, 0) is 7.05 Å². The van der Waals surface area contributed by atoms with Gasteiger partial charge in [0.05, 0.1) is 23.7 Å². The molecule has 2 aromatic heterocycles. The number of hydrogen-bond acceptors (Lipinski definition) is 4. The maximum Gasteiger partial charge on any atom is 0.251 e. The van der Waals surface area contributed by atoms with Crippen LogP contribution in [0.1, 0.15) is 33.9 Å². The molecule has 0 aliphatic carbocycles. The van der Waals surface area contributed by atoms with Gasteiger partial charge in [0.15, 0.2) is 0 Å². The number of hydrogen-bond donors (Lipinski definition) is 1. The number of nitrogens with one attached hydrogen (secondary N) is 1. The van der Waals surface area contributed by atoms with Crippen molar-refractivity contribution >= 4 is 16.9 Å². The van der Waals surface area contributed by atoms with Gasteiger partial charge in [-0.25, -0.2) is 4.98 Å². The normalized spacial score (nSPS) is 15.5. The van der Waals surface area contributed by atoms with Crippen LogP contribution in [0.5, 0.6) is 5.75 Å². The number of aryl methyl sites for hydroxylation is 2. The summed E-state index contributed by atoms with van der Waals surface area (Å²) in [5.74, 6) is 1.56. The van der Waals surface area contributed by atoms with E-state index in [1.807, 2.05) is 73.4 Å². The summed E-state index contributed by atoms with van der Waals surface area (Å²) in [5.41, 5.74) is 5.41. The summed E-state index contributed by atoms with van der Waals surface area (Å²) in [6, 6.07) is 15.5. The van der Waals surface area contributed by atoms with Crippen molar-refractivity contribution in [3.8, 4) is 17.1 Å². The number of nitrogens with zero attached hydrogens (tertiary/aromatic N) is 3. The van der Waals surface area contributed by atoms with E-state index in [0.717, 1.165) is 45.7 Å². The number of benzene rings is 2. The topological polar surface area (TPSA) is 69.0 Å². The van der Waals surface area contributed by atoms with Crippen LogP contribution in [0.3, 0.4) is 0 Å². The van der Waals surface area contributed by atoms with E-state index in [4.69, 9.17) is 9.72 Å². The van der Waals surface area contributed by atoms with Gasteiger partial charge >= 0.3 is 0 Å². The summed E-state index contributed by atoms with van der Waals surface area (Å²) in [4.78, 5) is 22.0. The van der Waals surface area contributed by atoms with Gasteiger partial charge in [0.25, 0.3) is 5.91 Å². The van der Waals surface area contributed by atoms with Crippen molar-refractivity contribution in [2.45, 2.75) is 19.4 Å². The van der Waals surface area contributed by atoms with Crippen LogP contribution >= 0.6 is 0 Å². The minimum atomic E-state index is -0.108. The molecule has 0 saturated heterocycles. The number of pyridine rings is 1. The Balaban J connectivity index is 1.45. The van der Waals surface area contributed by atoms with E-state index in [1.165, 1.54) is 0 Å². The molecule has 0 bridgehead atoms. The molecule has 0 spiro atoms. The van der Waals surface area contributed by atoms with E-state index in [9.17, 15) is 4.79 Å². The third kappa shape index (κ3) is 3.20. The zero-order chi connectivity index (χ0) is 20.7. The third-order valence-electron chi connectivity index (χ3n) is 5.54. The number of carbonyl (C=O) groups excluding carboxylic acids is 1. The SMILES string of the molecule is Cc1cncc(-c2nc3cc(C(=O)N[C@H]4CCOc5ccccc54)ccc3n2C)c1. The summed E-state index contributed by atoms with van der Waals surface area (Å²) in [7, 11) is 1.98. The predicted molar refractivity (Wildman–Crippen MR) is 115 cm³/mol. The van der Waals surface area contributed by atoms with Crippen LogP contribution in [0.2, 0.25) is 0 Å². The summed E-state index contributed by atoms with van der Waals surface area (Å²) < 4.78 is 7.73. The van der Waals surface area contributed by atoms with Gasteiger partial charge < -0.3 is 14.6 Å². The van der Waals surface area contributed by atoms with Gasteiger partial charge in [-0.15, -0.1) is 0 Å². The van der Waals surface area contributed by atoms with Gasteiger partial charge in [-0.05, 0) is 42.8 Å². The van der Waals surface area contributed by atoms with Crippen molar-refractivity contribution in [3.05, 3.63) is 77.6 Å². The molecule has 150 valence electrons. The molecule has 4 aromatic rings. The summed E-state index contributed by atoms with van der Waals surface area (Å²) in [6.07, 6.45) is 4.38. The fourth-order valence-electron chi connectivity index (χ4n) is 4.01. The van der Waals surface area contributed by atoms with Crippen molar-refractivity contribution < 1.29 is 9.53 Å². The molecule has 3 heterocycles. The molecule has 0 fully saturated rings. The fraction of sp³-hybridized carbons (Fsp3) is 0.208. The Kier molecular flexibility index (Phi) is 4.47. The second-order valence-electron chi connectivity index (χ2n) is 7.65. The van der Waals surface area contributed by atoms with Crippen molar-refractivity contribution in [3.63, 3.8) is 0 Å². The Morgan fingerprint density at radius 3 is 2.90 bits per heavy atom. The monoisotopic (exact) mass is 398 g/mol. The summed E-state index contributed by atoms with van der Waals surface area (Å²) in [6.45, 7) is 2.60. The largest absolute Gasteiger partial charge is 0.493 e. The number of ether oxygens (including phenoxy) is 1. The van der Waals surface area contributed by atoms with Crippen LogP contribution in [0, 0.1) is 6.92 Å². The number of carbonyl (C=O) groups is 1. The Morgan fingerprint density at radius 1 is 1.17 bits per heavy atom. The second kappa shape index (κ2) is 7.30. The Labute approximate surface area is 174 Å². The molecule has 0 saturated carbocycles. The van der Waals surface area contributed by atoms with E-state index < -0.39 is 0 Å². The molecule has 1 amide bonds. The highest BCUT2D eigenvalue weighted by atomic mass is 16.5. The summed E-state index contributed by atoms with van der Waals surface area (Å²) in [5, 5.41) is 3.15. The first kappa shape index (κ1) is 18.4. The molecule has 5 rings (SSSR count). The van der Waals surface area contributed by atoms with Crippen LogP contribution in [-0.4, -0.2) is 27.0 Å².